The molecule has 0 fully saturated rings. The van der Waals surface area contributed by atoms with Crippen LogP contribution in [0.2, 0.25) is 0 Å². The van der Waals surface area contributed by atoms with Gasteiger partial charge in [0.05, 0.1) is 61.6 Å². The quantitative estimate of drug-likeness (QED) is 0.103. The lowest BCUT2D eigenvalue weighted by Gasteiger charge is -2.12. The number of fused-ring (bicyclic) bond motifs is 11. The highest BCUT2D eigenvalue weighted by molar-refractivity contribution is 6.09. The van der Waals surface area contributed by atoms with Gasteiger partial charge in [-0.15, -0.1) is 0 Å². The molecule has 0 N–H and O–H groups in total. The third-order valence-corrected chi connectivity index (χ3v) is 23.9. The Morgan fingerprint density at radius 2 is 0.445 bits per heavy atom. The van der Waals surface area contributed by atoms with Gasteiger partial charge in [0, 0.05) is 114 Å². The first-order valence-electron chi connectivity index (χ1n) is 42.8. The fourth-order valence-corrected chi connectivity index (χ4v) is 17.3. The molecule has 128 heavy (non-hydrogen) atoms. The Hall–Kier alpha value is -17.3. The number of hydrogen-bond acceptors (Lipinski definition) is 10. The van der Waals surface area contributed by atoms with Crippen molar-refractivity contribution in [2.24, 2.45) is 0 Å². The minimum absolute atomic E-state index is 0.726. The minimum atomic E-state index is 0.726. The second-order valence-corrected chi connectivity index (χ2v) is 31.9. The molecule has 0 radical (unpaired) electrons. The van der Waals surface area contributed by atoms with E-state index >= 15 is 0 Å². The van der Waals surface area contributed by atoms with E-state index in [1.165, 1.54) is 37.9 Å². The minimum Gasteiger partial charge on any atom is -0.265 e. The van der Waals surface area contributed by atoms with E-state index in [9.17, 15) is 0 Å². The monoisotopic (exact) mass is 1630 g/mol. The van der Waals surface area contributed by atoms with Crippen molar-refractivity contribution < 1.29 is 0 Å². The largest absolute Gasteiger partial charge is 0.265 e. The molecule has 8 heterocycles. The summed E-state index contributed by atoms with van der Waals surface area (Å²) in [5, 5.41) is 11.7. The molecule has 0 saturated carbocycles. The maximum atomic E-state index is 5.10. The van der Waals surface area contributed by atoms with Gasteiger partial charge in [-0.2, -0.15) is 0 Å². The highest BCUT2D eigenvalue weighted by atomic mass is 14.9. The molecule has 8 aromatic heterocycles. The molecule has 0 bridgehead atoms. The fraction of sp³-hybridized carbons (Fsp3) is 0. The smallest absolute Gasteiger partial charge is 0.160 e. The van der Waals surface area contributed by atoms with Gasteiger partial charge in [-0.3, -0.25) is 24.9 Å². The van der Waals surface area contributed by atoms with Gasteiger partial charge in [0.1, 0.15) is 0 Å². The van der Waals surface area contributed by atoms with Gasteiger partial charge in [0.15, 0.2) is 5.82 Å². The molecule has 0 aliphatic heterocycles. The molecule has 0 aliphatic carbocycles. The van der Waals surface area contributed by atoms with E-state index in [2.05, 4.69) is 331 Å². The summed E-state index contributed by atoms with van der Waals surface area (Å²) in [4.78, 5) is 47.8. The van der Waals surface area contributed by atoms with Crippen LogP contribution in [-0.4, -0.2) is 49.8 Å². The maximum absolute atomic E-state index is 5.10. The highest BCUT2D eigenvalue weighted by Gasteiger charge is 2.19. The molecule has 10 nitrogen and oxygen atoms in total. The molecule has 0 spiro atoms. The van der Waals surface area contributed by atoms with Gasteiger partial charge in [-0.05, 0) is 197 Å². The summed E-state index contributed by atoms with van der Waals surface area (Å²) in [7, 11) is 0. The number of hydrogen-bond donors (Lipinski definition) is 0. The molecule has 0 aliphatic rings. The van der Waals surface area contributed by atoms with Crippen LogP contribution in [0.25, 0.3) is 233 Å². The number of pyridine rings is 6. The average molecular weight is 1630 g/mol. The second-order valence-electron chi connectivity index (χ2n) is 31.9. The van der Waals surface area contributed by atoms with Gasteiger partial charge in [0.25, 0.3) is 0 Å². The van der Waals surface area contributed by atoms with Gasteiger partial charge in [0.2, 0.25) is 0 Å². The molecule has 24 rings (SSSR count). The summed E-state index contributed by atoms with van der Waals surface area (Å²) in [6.45, 7) is 0. The lowest BCUT2D eigenvalue weighted by atomic mass is 9.95. The number of rotatable bonds is 13. The van der Waals surface area contributed by atoms with Crippen molar-refractivity contribution in [2.45, 2.75) is 0 Å². The Labute approximate surface area is 739 Å². The molecule has 0 atom stereocenters. The van der Waals surface area contributed by atoms with Crippen LogP contribution < -0.4 is 0 Å². The summed E-state index contributed by atoms with van der Waals surface area (Å²) in [6.07, 6.45) is 13.1. The standard InChI is InChI=1S/C40H26N4.2C39H25N3/c1-2-10-36-34(5-1)26-43-40-23-33(11-12-37(36)40)31-8-3-6-29(21-31)30-7-4-9-32(22-30)35-24-38(27-13-17-41-18-14-27)44-39(25-35)28-15-19-42-20-16-28;1-2-10-26(11-3-1)38-39(42-36-19-7-6-18-35(36)41-38)31-16-9-15-29(23-31)27-13-8-14-28(22-27)30-20-21-34-33-17-5-4-12-32(33)25-40-37(34)24-30;1-2-9-27(10-3-1)38-35-15-6-7-16-36(35)41-39(42-38)28-19-17-26(18-20-28)29-12-8-13-30(23-29)31-21-22-34-33-14-5-4-11-32(33)25-40-37(34)24-31/h1-26H;2*1-25H. The van der Waals surface area contributed by atoms with Crippen LogP contribution in [-0.2, 0) is 0 Å². The second kappa shape index (κ2) is 34.2. The zero-order valence-corrected chi connectivity index (χ0v) is 69.4. The van der Waals surface area contributed by atoms with E-state index in [1.807, 2.05) is 116 Å². The van der Waals surface area contributed by atoms with Gasteiger partial charge < -0.3 is 0 Å². The first-order valence-corrected chi connectivity index (χ1v) is 42.8. The van der Waals surface area contributed by atoms with Crippen molar-refractivity contribution >= 4 is 87.0 Å². The number of aromatic nitrogens is 10. The summed E-state index contributed by atoms with van der Waals surface area (Å²) >= 11 is 0. The SMILES string of the molecule is c1cc(-c2cccc(-c3ccc4c(c3)ncc3ccccc34)c2)cc(-c2cc(-c3ccncc3)nc(-c3ccncc3)c2)c1.c1ccc(-c2nc(-c3ccc(-c4cccc(-c5ccc6c(c5)ncc5ccccc56)c4)cc3)nc3ccccc23)cc1.c1ccc(-c2nc3ccccc3nc2-c2cccc(-c3cccc(-c4ccc5c(c4)ncc4ccccc45)c3)c2)cc1. The van der Waals surface area contributed by atoms with Crippen molar-refractivity contribution in [1.29, 1.82) is 0 Å². The molecular formula is C118H76N10. The lowest BCUT2D eigenvalue weighted by Crippen LogP contribution is -1.95. The first-order chi connectivity index (χ1) is 63.4. The zero-order chi connectivity index (χ0) is 85.1. The van der Waals surface area contributed by atoms with Crippen LogP contribution in [0.1, 0.15) is 0 Å². The summed E-state index contributed by atoms with van der Waals surface area (Å²) in [5.41, 5.74) is 32.5. The van der Waals surface area contributed by atoms with E-state index in [1.54, 1.807) is 24.8 Å². The molecule has 0 amide bonds. The van der Waals surface area contributed by atoms with Crippen molar-refractivity contribution in [3.8, 4) is 146 Å². The Bertz CT molecular complexity index is 8260. The summed E-state index contributed by atoms with van der Waals surface area (Å²) < 4.78 is 0. The van der Waals surface area contributed by atoms with Crippen molar-refractivity contribution in [1.82, 2.24) is 49.8 Å². The normalized spacial score (nSPS) is 11.3. The van der Waals surface area contributed by atoms with E-state index in [0.29, 0.717) is 0 Å². The molecule has 24 aromatic rings. The van der Waals surface area contributed by atoms with Crippen molar-refractivity contribution in [2.75, 3.05) is 0 Å². The number of benzene rings is 16. The van der Waals surface area contributed by atoms with Crippen molar-refractivity contribution in [3.63, 3.8) is 0 Å². The Kier molecular flexibility index (Phi) is 20.5. The van der Waals surface area contributed by atoms with Crippen LogP contribution in [0, 0.1) is 0 Å². The molecule has 10 heteroatoms. The Morgan fingerprint density at radius 1 is 0.141 bits per heavy atom. The average Bonchev–Trinajstić information content (AvgIpc) is 0.798. The van der Waals surface area contributed by atoms with Crippen LogP contribution in [0.5, 0.6) is 0 Å². The molecule has 16 aromatic carbocycles. The topological polar surface area (TPSA) is 129 Å². The van der Waals surface area contributed by atoms with Crippen LogP contribution >= 0.6 is 0 Å². The van der Waals surface area contributed by atoms with Crippen LogP contribution in [0.15, 0.2) is 462 Å². The van der Waals surface area contributed by atoms with E-state index < -0.39 is 0 Å². The van der Waals surface area contributed by atoms with Crippen LogP contribution in [0.4, 0.5) is 0 Å². The van der Waals surface area contributed by atoms with E-state index in [4.69, 9.17) is 39.9 Å². The van der Waals surface area contributed by atoms with E-state index in [0.717, 1.165) is 195 Å². The van der Waals surface area contributed by atoms with Gasteiger partial charge in [-0.1, -0.05) is 315 Å². The zero-order valence-electron chi connectivity index (χ0n) is 69.4. The van der Waals surface area contributed by atoms with Gasteiger partial charge >= 0.3 is 0 Å². The Morgan fingerprint density at radius 3 is 0.867 bits per heavy atom. The molecule has 0 unspecified atom stereocenters. The third-order valence-electron chi connectivity index (χ3n) is 23.9. The van der Waals surface area contributed by atoms with Crippen molar-refractivity contribution in [3.05, 3.63) is 462 Å². The Balaban J connectivity index is 0.000000113. The number of para-hydroxylation sites is 3. The summed E-state index contributed by atoms with van der Waals surface area (Å²) in [5.74, 6) is 0.726. The molecule has 598 valence electrons. The fourth-order valence-electron chi connectivity index (χ4n) is 17.3. The van der Waals surface area contributed by atoms with Gasteiger partial charge in [-0.25, -0.2) is 24.9 Å². The summed E-state index contributed by atoms with van der Waals surface area (Å²) in [6, 6.07) is 146. The maximum Gasteiger partial charge on any atom is 0.160 e. The van der Waals surface area contributed by atoms with Crippen LogP contribution in [0.3, 0.4) is 0 Å². The molecular weight excluding hydrogens is 1560 g/mol. The predicted molar refractivity (Wildman–Crippen MR) is 528 cm³/mol. The number of nitrogens with zero attached hydrogens (tertiary/aromatic N) is 10. The third kappa shape index (κ3) is 15.7. The van der Waals surface area contributed by atoms with E-state index in [-0.39, 0.29) is 0 Å². The predicted octanol–water partition coefficient (Wildman–Crippen LogP) is 29.9. The highest BCUT2D eigenvalue weighted by Crippen LogP contribution is 2.41. The first kappa shape index (κ1) is 76.8. The lowest BCUT2D eigenvalue weighted by molar-refractivity contribution is 1.23. The molecule has 0 saturated heterocycles.